The average Bonchev–Trinajstić information content (AvgIpc) is 3.16. The monoisotopic (exact) mass is 704 g/mol. The Labute approximate surface area is 306 Å². The lowest BCUT2D eigenvalue weighted by atomic mass is 10.0. The maximum atomic E-state index is 9.68. The van der Waals surface area contributed by atoms with E-state index >= 15 is 0 Å². The number of nitrogens with one attached hydrogen (secondary N) is 3. The van der Waals surface area contributed by atoms with Gasteiger partial charge < -0.3 is 0 Å². The standard InChI is InChI=1S/C14H17N3O.C13H16N4O.C12H15N3O/c1-2-7-13-9-6-10-14(12-13)8-4-3-5-11-15-16-17-18;1-2-7-12-9-6-10-13(15-12)8-4-3-5-11-14-16-17-18;1-2-6-11-7-3-4-8-12(11)9-5-10-13-14-15-16/h3-6,8-12H,2,7H2,1H3,(H,16,18);3-6,8-11H,2,7H2,1H3,(H,16,18);3-5,7-10H,2,6H2,1H3,(H,14,16)/b5-3+,8-4+,15-11+;5-3+,8-4+,14-11+;9-5+,13-10+. The summed E-state index contributed by atoms with van der Waals surface area (Å²) >= 11 is 0. The van der Waals surface area contributed by atoms with Crippen molar-refractivity contribution in [2.75, 3.05) is 0 Å². The molecular formula is C39H48N10O3. The minimum absolute atomic E-state index is 0.926. The normalized spacial score (nSPS) is 11.4. The third-order valence-electron chi connectivity index (χ3n) is 6.45. The van der Waals surface area contributed by atoms with E-state index in [-0.39, 0.29) is 0 Å². The predicted molar refractivity (Wildman–Crippen MR) is 217 cm³/mol. The smallest absolute Gasteiger partial charge is 0.0722 e. The predicted octanol–water partition coefficient (Wildman–Crippen LogP) is 9.23. The molecule has 0 fully saturated rings. The fourth-order valence-corrected chi connectivity index (χ4v) is 4.32. The molecule has 0 saturated heterocycles. The van der Waals surface area contributed by atoms with Gasteiger partial charge in [-0.25, -0.2) is 0 Å². The Morgan fingerprint density at radius 3 is 1.79 bits per heavy atom. The van der Waals surface area contributed by atoms with Crippen LogP contribution in [-0.4, -0.2) is 23.6 Å². The zero-order valence-corrected chi connectivity index (χ0v) is 30.0. The Kier molecular flexibility index (Phi) is 26.6. The van der Waals surface area contributed by atoms with E-state index in [2.05, 4.69) is 93.3 Å². The van der Waals surface area contributed by atoms with Crippen molar-refractivity contribution in [1.29, 1.82) is 0 Å². The van der Waals surface area contributed by atoms with Crippen LogP contribution in [0.3, 0.4) is 0 Å². The highest BCUT2D eigenvalue weighted by Gasteiger charge is 1.96. The average molecular weight is 705 g/mol. The molecule has 13 nitrogen and oxygen atoms in total. The first-order chi connectivity index (χ1) is 25.6. The minimum atomic E-state index is 0.926. The van der Waals surface area contributed by atoms with E-state index in [1.165, 1.54) is 40.9 Å². The van der Waals surface area contributed by atoms with Crippen LogP contribution in [0.2, 0.25) is 0 Å². The van der Waals surface area contributed by atoms with Gasteiger partial charge in [0.2, 0.25) is 0 Å². The van der Waals surface area contributed by atoms with Crippen LogP contribution in [0.1, 0.15) is 73.7 Å². The molecule has 0 aliphatic carbocycles. The number of pyridine rings is 1. The van der Waals surface area contributed by atoms with Gasteiger partial charge in [0.15, 0.2) is 0 Å². The van der Waals surface area contributed by atoms with Gasteiger partial charge >= 0.3 is 0 Å². The summed E-state index contributed by atoms with van der Waals surface area (Å²) in [6, 6.07) is 22.6. The highest BCUT2D eigenvalue weighted by molar-refractivity contribution is 5.78. The number of hydrazone groups is 3. The van der Waals surface area contributed by atoms with Crippen LogP contribution in [0.15, 0.2) is 140 Å². The second kappa shape index (κ2) is 31.7. The van der Waals surface area contributed by atoms with Crippen molar-refractivity contribution in [3.05, 3.63) is 158 Å². The minimum Gasteiger partial charge on any atom is -0.253 e. The molecule has 52 heavy (non-hydrogen) atoms. The summed E-state index contributed by atoms with van der Waals surface area (Å²) in [4.78, 5) is 33.5. The van der Waals surface area contributed by atoms with Crippen LogP contribution in [0.5, 0.6) is 0 Å². The van der Waals surface area contributed by atoms with E-state index in [9.17, 15) is 14.7 Å². The molecule has 2 aromatic carbocycles. The second-order valence-electron chi connectivity index (χ2n) is 10.5. The molecule has 0 spiro atoms. The molecule has 0 bridgehead atoms. The molecule has 0 atom stereocenters. The summed E-state index contributed by atoms with van der Waals surface area (Å²) in [6.07, 6.45) is 29.4. The summed E-state index contributed by atoms with van der Waals surface area (Å²) < 4.78 is 0. The van der Waals surface area contributed by atoms with Gasteiger partial charge in [-0.3, -0.25) is 4.98 Å². The fraction of sp³-hybridized carbons (Fsp3) is 0.231. The van der Waals surface area contributed by atoms with Gasteiger partial charge in [-0.2, -0.15) is 31.9 Å². The highest BCUT2D eigenvalue weighted by atomic mass is 16.3. The van der Waals surface area contributed by atoms with Crippen molar-refractivity contribution in [1.82, 2.24) is 21.6 Å². The molecule has 0 amide bonds. The van der Waals surface area contributed by atoms with Crippen molar-refractivity contribution in [2.45, 2.75) is 59.3 Å². The first-order valence-electron chi connectivity index (χ1n) is 16.9. The van der Waals surface area contributed by atoms with E-state index in [1.807, 2.05) is 83.4 Å². The number of nitroso groups, excluding NO2 is 3. The lowest BCUT2D eigenvalue weighted by Crippen LogP contribution is -1.90. The first-order valence-corrected chi connectivity index (χ1v) is 16.9. The van der Waals surface area contributed by atoms with E-state index in [0.29, 0.717) is 0 Å². The highest BCUT2D eigenvalue weighted by Crippen LogP contribution is 2.12. The van der Waals surface area contributed by atoms with Crippen molar-refractivity contribution in [2.24, 2.45) is 31.2 Å². The van der Waals surface area contributed by atoms with Gasteiger partial charge in [-0.1, -0.05) is 131 Å². The Bertz CT molecular complexity index is 1590. The van der Waals surface area contributed by atoms with E-state index in [0.717, 1.165) is 49.9 Å². The molecule has 0 saturated carbocycles. The summed E-state index contributed by atoms with van der Waals surface area (Å²) in [5.41, 5.74) is 12.9. The van der Waals surface area contributed by atoms with Crippen LogP contribution in [0, 0.1) is 14.7 Å². The fourth-order valence-electron chi connectivity index (χ4n) is 4.32. The molecule has 0 radical (unpaired) electrons. The van der Waals surface area contributed by atoms with Crippen molar-refractivity contribution < 1.29 is 0 Å². The Morgan fingerprint density at radius 2 is 1.15 bits per heavy atom. The van der Waals surface area contributed by atoms with Crippen LogP contribution < -0.4 is 16.6 Å². The van der Waals surface area contributed by atoms with Crippen molar-refractivity contribution in [3.63, 3.8) is 0 Å². The zero-order chi connectivity index (χ0) is 37.7. The van der Waals surface area contributed by atoms with Crippen LogP contribution in [0.25, 0.3) is 18.2 Å². The quantitative estimate of drug-likeness (QED) is 0.0455. The summed E-state index contributed by atoms with van der Waals surface area (Å²) in [7, 11) is 0. The molecule has 0 unspecified atom stereocenters. The van der Waals surface area contributed by atoms with E-state index < -0.39 is 0 Å². The number of hydrogen-bond donors (Lipinski definition) is 3. The summed E-state index contributed by atoms with van der Waals surface area (Å²) in [5.74, 6) is 0. The number of allylic oxidation sites excluding steroid dienone is 7. The SMILES string of the molecule is CCCc1cccc(/C=C/C=C/C=N/NN=O)c1.CCCc1cccc(/C=C/C=C/C=N/NN=O)n1.CCCc1ccccc1/C=C/C=N/NN=O. The number of hydrogen-bond acceptors (Lipinski definition) is 10. The number of aryl methyl sites for hydroxylation is 3. The van der Waals surface area contributed by atoms with Crippen molar-refractivity contribution >= 4 is 36.9 Å². The molecule has 3 rings (SSSR count). The molecular weight excluding hydrogens is 656 g/mol. The van der Waals surface area contributed by atoms with Gasteiger partial charge in [0.1, 0.15) is 0 Å². The van der Waals surface area contributed by atoms with Gasteiger partial charge in [0, 0.05) is 24.3 Å². The molecule has 1 heterocycles. The first kappa shape index (κ1) is 43.5. The van der Waals surface area contributed by atoms with Gasteiger partial charge in [0.25, 0.3) is 0 Å². The van der Waals surface area contributed by atoms with Crippen LogP contribution in [0.4, 0.5) is 0 Å². The van der Waals surface area contributed by atoms with Gasteiger partial charge in [-0.15, -0.1) is 14.7 Å². The summed E-state index contributed by atoms with van der Waals surface area (Å²) in [5, 5.41) is 17.7. The third kappa shape index (κ3) is 23.0. The topological polar surface area (TPSA) is 174 Å². The number of nitrogens with zero attached hydrogens (tertiary/aromatic N) is 7. The summed E-state index contributed by atoms with van der Waals surface area (Å²) in [6.45, 7) is 6.46. The maximum Gasteiger partial charge on any atom is 0.0722 e. The number of benzene rings is 2. The molecule has 1 aromatic heterocycles. The Hall–Kier alpha value is -6.50. The Morgan fingerprint density at radius 1 is 0.558 bits per heavy atom. The molecule has 3 N–H and O–H groups in total. The molecule has 3 aromatic rings. The van der Waals surface area contributed by atoms with E-state index in [1.54, 1.807) is 24.3 Å². The molecule has 13 heteroatoms. The second-order valence-corrected chi connectivity index (χ2v) is 10.5. The lowest BCUT2D eigenvalue weighted by Gasteiger charge is -2.02. The number of aromatic nitrogens is 1. The van der Waals surface area contributed by atoms with Gasteiger partial charge in [0.05, 0.1) is 21.6 Å². The Balaban J connectivity index is 0.000000391. The molecule has 0 aliphatic rings. The zero-order valence-electron chi connectivity index (χ0n) is 30.0. The lowest BCUT2D eigenvalue weighted by molar-refractivity contribution is 0.804. The third-order valence-corrected chi connectivity index (χ3v) is 6.45. The maximum absolute atomic E-state index is 9.68. The molecule has 0 aliphatic heterocycles. The van der Waals surface area contributed by atoms with Gasteiger partial charge in [-0.05, 0) is 78.0 Å². The molecule has 272 valence electrons. The number of rotatable bonds is 20. The van der Waals surface area contributed by atoms with Crippen LogP contribution >= 0.6 is 0 Å². The van der Waals surface area contributed by atoms with Crippen LogP contribution in [-0.2, 0) is 19.3 Å². The van der Waals surface area contributed by atoms with E-state index in [4.69, 9.17) is 0 Å². The van der Waals surface area contributed by atoms with Crippen molar-refractivity contribution in [3.8, 4) is 0 Å². The largest absolute Gasteiger partial charge is 0.253 e.